The molecule has 0 saturated heterocycles. The van der Waals surface area contributed by atoms with Crippen LogP contribution in [0.5, 0.6) is 0 Å². The summed E-state index contributed by atoms with van der Waals surface area (Å²) in [6, 6.07) is 5.64. The van der Waals surface area contributed by atoms with Gasteiger partial charge in [0.2, 0.25) is 0 Å². The predicted octanol–water partition coefficient (Wildman–Crippen LogP) is 4.47. The van der Waals surface area contributed by atoms with Crippen molar-refractivity contribution in [2.45, 2.75) is 44.6 Å². The molecule has 1 aliphatic carbocycles. The quantitative estimate of drug-likeness (QED) is 0.619. The Labute approximate surface area is 119 Å². The second-order valence-corrected chi connectivity index (χ2v) is 5.96. The zero-order valence-corrected chi connectivity index (χ0v) is 12.0. The summed E-state index contributed by atoms with van der Waals surface area (Å²) in [6.07, 6.45) is 7.70. The van der Waals surface area contributed by atoms with Gasteiger partial charge in [-0.05, 0) is 42.5 Å². The van der Waals surface area contributed by atoms with Crippen molar-refractivity contribution in [1.29, 1.82) is 0 Å². The molecule has 100 valence electrons. The molecule has 1 saturated carbocycles. The fraction of sp³-hybridized carbons (Fsp3) is 0.571. The van der Waals surface area contributed by atoms with Crippen LogP contribution >= 0.6 is 23.2 Å². The second kappa shape index (κ2) is 6.76. The number of benzene rings is 1. The minimum Gasteiger partial charge on any atom is -0.271 e. The van der Waals surface area contributed by atoms with Gasteiger partial charge in [-0.25, -0.2) is 0 Å². The van der Waals surface area contributed by atoms with Crippen LogP contribution in [-0.4, -0.2) is 0 Å². The van der Waals surface area contributed by atoms with Crippen LogP contribution in [-0.2, 0) is 0 Å². The van der Waals surface area contributed by atoms with Gasteiger partial charge in [-0.15, -0.1) is 0 Å². The van der Waals surface area contributed by atoms with Crippen LogP contribution in [0.4, 0.5) is 0 Å². The topological polar surface area (TPSA) is 38.0 Å². The predicted molar refractivity (Wildman–Crippen MR) is 77.7 cm³/mol. The molecule has 0 radical (unpaired) electrons. The Hall–Kier alpha value is -0.280. The van der Waals surface area contributed by atoms with Crippen LogP contribution in [0.25, 0.3) is 0 Å². The average molecular weight is 287 g/mol. The largest absolute Gasteiger partial charge is 0.271 e. The number of halogens is 2. The van der Waals surface area contributed by atoms with Crippen LogP contribution in [0.1, 0.15) is 50.1 Å². The van der Waals surface area contributed by atoms with Crippen LogP contribution < -0.4 is 11.3 Å². The molecule has 3 N–H and O–H groups in total. The lowest BCUT2D eigenvalue weighted by Crippen LogP contribution is -2.28. The van der Waals surface area contributed by atoms with Crippen molar-refractivity contribution in [2.75, 3.05) is 0 Å². The zero-order valence-electron chi connectivity index (χ0n) is 10.5. The Morgan fingerprint density at radius 2 is 2.00 bits per heavy atom. The Balaban J connectivity index is 2.00. The van der Waals surface area contributed by atoms with Crippen molar-refractivity contribution in [1.82, 2.24) is 5.43 Å². The maximum Gasteiger partial charge on any atom is 0.0475 e. The fourth-order valence-electron chi connectivity index (χ4n) is 2.81. The molecule has 1 aromatic carbocycles. The van der Waals surface area contributed by atoms with Gasteiger partial charge >= 0.3 is 0 Å². The molecule has 0 amide bonds. The summed E-state index contributed by atoms with van der Waals surface area (Å²) < 4.78 is 0. The van der Waals surface area contributed by atoms with Gasteiger partial charge in [-0.1, -0.05) is 48.9 Å². The third kappa shape index (κ3) is 3.61. The summed E-state index contributed by atoms with van der Waals surface area (Å²) in [6.45, 7) is 0. The minimum absolute atomic E-state index is 0.0943. The smallest absolute Gasteiger partial charge is 0.0475 e. The summed E-state index contributed by atoms with van der Waals surface area (Å²) in [5.41, 5.74) is 3.87. The fourth-order valence-corrected chi connectivity index (χ4v) is 3.24. The molecule has 1 aromatic rings. The van der Waals surface area contributed by atoms with E-state index in [1.807, 2.05) is 12.1 Å². The van der Waals surface area contributed by atoms with Gasteiger partial charge in [0.1, 0.15) is 0 Å². The molecule has 1 aliphatic rings. The Kier molecular flexibility index (Phi) is 5.31. The molecule has 0 aromatic heterocycles. The maximum atomic E-state index is 6.21. The van der Waals surface area contributed by atoms with Crippen LogP contribution in [0, 0.1) is 5.92 Å². The molecule has 18 heavy (non-hydrogen) atoms. The first-order valence-electron chi connectivity index (χ1n) is 6.62. The maximum absolute atomic E-state index is 6.21. The first kappa shape index (κ1) is 14.1. The van der Waals surface area contributed by atoms with Gasteiger partial charge in [0.25, 0.3) is 0 Å². The Morgan fingerprint density at radius 3 is 2.67 bits per heavy atom. The van der Waals surface area contributed by atoms with E-state index in [-0.39, 0.29) is 6.04 Å². The number of rotatable bonds is 5. The lowest BCUT2D eigenvalue weighted by atomic mass is 9.95. The van der Waals surface area contributed by atoms with E-state index in [0.29, 0.717) is 5.02 Å². The first-order valence-corrected chi connectivity index (χ1v) is 7.37. The molecule has 2 nitrogen and oxygen atoms in total. The number of hydrogen-bond donors (Lipinski definition) is 2. The highest BCUT2D eigenvalue weighted by molar-refractivity contribution is 6.33. The molecule has 2 rings (SSSR count). The normalized spacial score (nSPS) is 18.2. The highest BCUT2D eigenvalue weighted by atomic mass is 35.5. The monoisotopic (exact) mass is 286 g/mol. The van der Waals surface area contributed by atoms with Gasteiger partial charge in [0.15, 0.2) is 0 Å². The molecule has 0 aliphatic heterocycles. The number of nitrogens with two attached hydrogens (primary N) is 1. The molecular formula is C14H20Cl2N2. The van der Waals surface area contributed by atoms with E-state index in [9.17, 15) is 0 Å². The molecule has 1 unspecified atom stereocenters. The van der Waals surface area contributed by atoms with Crippen LogP contribution in [0.3, 0.4) is 0 Å². The SMILES string of the molecule is NNC(CCC1CCCC1)c1cc(Cl)ccc1Cl. The van der Waals surface area contributed by atoms with Crippen molar-refractivity contribution in [2.24, 2.45) is 11.8 Å². The number of hydrogen-bond acceptors (Lipinski definition) is 2. The van der Waals surface area contributed by atoms with Crippen molar-refractivity contribution >= 4 is 23.2 Å². The third-order valence-electron chi connectivity index (χ3n) is 3.87. The van der Waals surface area contributed by atoms with Crippen LogP contribution in [0.15, 0.2) is 18.2 Å². The zero-order chi connectivity index (χ0) is 13.0. The first-order chi connectivity index (χ1) is 8.70. The summed E-state index contributed by atoms with van der Waals surface area (Å²) in [5, 5.41) is 1.43. The Morgan fingerprint density at radius 1 is 1.28 bits per heavy atom. The van der Waals surface area contributed by atoms with Crippen LogP contribution in [0.2, 0.25) is 10.0 Å². The van der Waals surface area contributed by atoms with Crippen molar-refractivity contribution in [3.8, 4) is 0 Å². The van der Waals surface area contributed by atoms with E-state index in [4.69, 9.17) is 29.0 Å². The van der Waals surface area contributed by atoms with Crippen molar-refractivity contribution in [3.05, 3.63) is 33.8 Å². The summed E-state index contributed by atoms with van der Waals surface area (Å²) in [4.78, 5) is 0. The highest BCUT2D eigenvalue weighted by Crippen LogP contribution is 2.33. The molecule has 4 heteroatoms. The van der Waals surface area contributed by atoms with Gasteiger partial charge in [0.05, 0.1) is 0 Å². The molecule has 0 bridgehead atoms. The highest BCUT2D eigenvalue weighted by Gasteiger charge is 2.19. The molecule has 0 spiro atoms. The molecule has 1 atom stereocenters. The lowest BCUT2D eigenvalue weighted by molar-refractivity contribution is 0.416. The average Bonchev–Trinajstić information content (AvgIpc) is 2.87. The van der Waals surface area contributed by atoms with E-state index in [2.05, 4.69) is 5.43 Å². The molecule has 1 fully saturated rings. The van der Waals surface area contributed by atoms with E-state index < -0.39 is 0 Å². The van der Waals surface area contributed by atoms with Crippen molar-refractivity contribution in [3.63, 3.8) is 0 Å². The second-order valence-electron chi connectivity index (χ2n) is 5.11. The minimum atomic E-state index is 0.0943. The van der Waals surface area contributed by atoms with Gasteiger partial charge in [0, 0.05) is 16.1 Å². The number of hydrazine groups is 1. The summed E-state index contributed by atoms with van der Waals surface area (Å²) in [5.74, 6) is 6.52. The lowest BCUT2D eigenvalue weighted by Gasteiger charge is -2.19. The Bertz CT molecular complexity index is 389. The third-order valence-corrected chi connectivity index (χ3v) is 4.45. The van der Waals surface area contributed by atoms with E-state index in [1.54, 1.807) is 6.07 Å². The van der Waals surface area contributed by atoms with Gasteiger partial charge in [-0.2, -0.15) is 0 Å². The van der Waals surface area contributed by atoms with E-state index in [1.165, 1.54) is 32.1 Å². The molecular weight excluding hydrogens is 267 g/mol. The summed E-state index contributed by atoms with van der Waals surface area (Å²) >= 11 is 12.2. The van der Waals surface area contributed by atoms with E-state index >= 15 is 0 Å². The van der Waals surface area contributed by atoms with E-state index in [0.717, 1.165) is 22.9 Å². The standard InChI is InChI=1S/C14H20Cl2N2/c15-11-6-7-13(16)12(9-11)14(18-17)8-5-10-3-1-2-4-10/h6-7,9-10,14,18H,1-5,8,17H2. The summed E-state index contributed by atoms with van der Waals surface area (Å²) in [7, 11) is 0. The van der Waals surface area contributed by atoms with Gasteiger partial charge in [-0.3, -0.25) is 11.3 Å². The number of nitrogens with one attached hydrogen (secondary N) is 1. The van der Waals surface area contributed by atoms with Gasteiger partial charge < -0.3 is 0 Å². The van der Waals surface area contributed by atoms with Crippen molar-refractivity contribution < 1.29 is 0 Å². The molecule has 0 heterocycles.